The summed E-state index contributed by atoms with van der Waals surface area (Å²) in [4.78, 5) is 18.7. The summed E-state index contributed by atoms with van der Waals surface area (Å²) in [5.74, 6) is 0.946. The number of anilines is 3. The number of aromatic nitrogens is 1. The lowest BCUT2D eigenvalue weighted by Gasteiger charge is -2.31. The van der Waals surface area contributed by atoms with E-state index in [2.05, 4.69) is 39.5 Å². The summed E-state index contributed by atoms with van der Waals surface area (Å²) >= 11 is 0. The molecule has 0 radical (unpaired) electrons. The Balaban J connectivity index is 1.51. The molecule has 23 heavy (non-hydrogen) atoms. The van der Waals surface area contributed by atoms with Gasteiger partial charge in [0.2, 0.25) is 5.91 Å². The topological polar surface area (TPSA) is 45.2 Å². The van der Waals surface area contributed by atoms with Gasteiger partial charge in [0.15, 0.2) is 0 Å². The van der Waals surface area contributed by atoms with Crippen LogP contribution in [0.25, 0.3) is 0 Å². The number of rotatable bonds is 3. The molecule has 1 fully saturated rings. The molecule has 4 nitrogen and oxygen atoms in total. The summed E-state index contributed by atoms with van der Waals surface area (Å²) in [6.07, 6.45) is 7.33. The molecule has 2 heterocycles. The normalized spacial score (nSPS) is 17.3. The number of carbonyl (C=O) groups excluding carboxylic acids is 1. The zero-order valence-corrected chi connectivity index (χ0v) is 13.2. The van der Waals surface area contributed by atoms with E-state index >= 15 is 0 Å². The van der Waals surface area contributed by atoms with Crippen LogP contribution in [0.4, 0.5) is 17.2 Å². The van der Waals surface area contributed by atoms with Crippen LogP contribution in [0, 0.1) is 5.92 Å². The van der Waals surface area contributed by atoms with E-state index in [0.29, 0.717) is 5.82 Å². The number of amides is 1. The highest BCUT2D eigenvalue weighted by Crippen LogP contribution is 2.33. The van der Waals surface area contributed by atoms with Crippen molar-refractivity contribution in [1.29, 1.82) is 0 Å². The summed E-state index contributed by atoms with van der Waals surface area (Å²) in [7, 11) is 0. The standard InChI is InChI=1S/C19H21N3O/c23-19(15-6-3-7-15)21-18-11-10-16(13-20-18)22-12-4-8-14-5-1-2-9-17(14)22/h1-2,5,9-11,13,15H,3-4,6-8,12H2,(H,20,21,23). The van der Waals surface area contributed by atoms with E-state index in [0.717, 1.165) is 37.9 Å². The van der Waals surface area contributed by atoms with Crippen molar-refractivity contribution in [2.45, 2.75) is 32.1 Å². The first-order chi connectivity index (χ1) is 11.3. The van der Waals surface area contributed by atoms with Gasteiger partial charge in [-0.05, 0) is 49.4 Å². The van der Waals surface area contributed by atoms with E-state index in [1.54, 1.807) is 0 Å². The Morgan fingerprint density at radius 2 is 2.00 bits per heavy atom. The Morgan fingerprint density at radius 3 is 2.74 bits per heavy atom. The number of nitrogens with zero attached hydrogens (tertiary/aromatic N) is 2. The molecular formula is C19H21N3O. The van der Waals surface area contributed by atoms with Crippen molar-refractivity contribution < 1.29 is 4.79 Å². The second kappa shape index (κ2) is 6.03. The van der Waals surface area contributed by atoms with Gasteiger partial charge >= 0.3 is 0 Å². The van der Waals surface area contributed by atoms with E-state index in [9.17, 15) is 4.79 Å². The van der Waals surface area contributed by atoms with Crippen molar-refractivity contribution >= 4 is 23.1 Å². The van der Waals surface area contributed by atoms with Crippen LogP contribution in [-0.2, 0) is 11.2 Å². The third kappa shape index (κ3) is 2.81. The van der Waals surface area contributed by atoms with Gasteiger partial charge in [0, 0.05) is 18.2 Å². The minimum atomic E-state index is 0.111. The van der Waals surface area contributed by atoms with Crippen LogP contribution in [0.2, 0.25) is 0 Å². The predicted octanol–water partition coefficient (Wildman–Crippen LogP) is 3.90. The van der Waals surface area contributed by atoms with Crippen molar-refractivity contribution in [3.63, 3.8) is 0 Å². The lowest BCUT2D eigenvalue weighted by Crippen LogP contribution is -2.28. The van der Waals surface area contributed by atoms with Gasteiger partial charge in [-0.25, -0.2) is 4.98 Å². The molecule has 2 aromatic rings. The van der Waals surface area contributed by atoms with Gasteiger partial charge in [-0.2, -0.15) is 0 Å². The van der Waals surface area contributed by atoms with Crippen molar-refractivity contribution in [3.8, 4) is 0 Å². The number of hydrogen-bond acceptors (Lipinski definition) is 3. The van der Waals surface area contributed by atoms with Crippen LogP contribution < -0.4 is 10.2 Å². The lowest BCUT2D eigenvalue weighted by atomic mass is 9.85. The minimum absolute atomic E-state index is 0.111. The number of aryl methyl sites for hydroxylation is 1. The Hall–Kier alpha value is -2.36. The molecule has 1 aromatic heterocycles. The minimum Gasteiger partial charge on any atom is -0.340 e. The van der Waals surface area contributed by atoms with Crippen LogP contribution in [0.1, 0.15) is 31.2 Å². The molecule has 0 spiro atoms. The second-order valence-electron chi connectivity index (χ2n) is 6.40. The number of fused-ring (bicyclic) bond motifs is 1. The Bertz CT molecular complexity index is 707. The third-order valence-electron chi connectivity index (χ3n) is 4.90. The molecule has 118 valence electrons. The molecular weight excluding hydrogens is 286 g/mol. The van der Waals surface area contributed by atoms with Crippen LogP contribution in [0.3, 0.4) is 0 Å². The molecule has 4 rings (SSSR count). The number of benzene rings is 1. The van der Waals surface area contributed by atoms with Gasteiger partial charge in [-0.15, -0.1) is 0 Å². The molecule has 1 aliphatic heterocycles. The number of carbonyl (C=O) groups is 1. The van der Waals surface area contributed by atoms with E-state index < -0.39 is 0 Å². The fourth-order valence-corrected chi connectivity index (χ4v) is 3.32. The fourth-order valence-electron chi connectivity index (χ4n) is 3.32. The van der Waals surface area contributed by atoms with Gasteiger partial charge in [-0.1, -0.05) is 24.6 Å². The zero-order valence-electron chi connectivity index (χ0n) is 13.2. The molecule has 2 aliphatic rings. The summed E-state index contributed by atoms with van der Waals surface area (Å²) < 4.78 is 0. The van der Waals surface area contributed by atoms with E-state index in [-0.39, 0.29) is 11.8 Å². The smallest absolute Gasteiger partial charge is 0.228 e. The molecule has 0 saturated heterocycles. The number of para-hydroxylation sites is 1. The van der Waals surface area contributed by atoms with Crippen LogP contribution in [0.5, 0.6) is 0 Å². The Morgan fingerprint density at radius 1 is 1.13 bits per heavy atom. The second-order valence-corrected chi connectivity index (χ2v) is 6.40. The monoisotopic (exact) mass is 307 g/mol. The molecule has 0 unspecified atom stereocenters. The highest BCUT2D eigenvalue weighted by atomic mass is 16.2. The molecule has 1 aliphatic carbocycles. The first-order valence-electron chi connectivity index (χ1n) is 8.43. The summed E-state index contributed by atoms with van der Waals surface area (Å²) in [5.41, 5.74) is 3.74. The molecule has 0 atom stereocenters. The van der Waals surface area contributed by atoms with Crippen LogP contribution in [-0.4, -0.2) is 17.4 Å². The third-order valence-corrected chi connectivity index (χ3v) is 4.90. The maximum Gasteiger partial charge on any atom is 0.228 e. The average Bonchev–Trinajstić information content (AvgIpc) is 2.53. The zero-order chi connectivity index (χ0) is 15.6. The maximum atomic E-state index is 12.0. The van der Waals surface area contributed by atoms with Crippen LogP contribution in [0.15, 0.2) is 42.6 Å². The van der Waals surface area contributed by atoms with Crippen molar-refractivity contribution in [3.05, 3.63) is 48.2 Å². The summed E-state index contributed by atoms with van der Waals surface area (Å²) in [6.45, 7) is 1.01. The Labute approximate surface area is 136 Å². The van der Waals surface area contributed by atoms with E-state index in [1.807, 2.05) is 18.3 Å². The quantitative estimate of drug-likeness (QED) is 0.935. The first-order valence-corrected chi connectivity index (χ1v) is 8.43. The summed E-state index contributed by atoms with van der Waals surface area (Å²) in [6, 6.07) is 12.5. The molecule has 1 amide bonds. The molecule has 1 N–H and O–H groups in total. The molecule has 4 heteroatoms. The van der Waals surface area contributed by atoms with Gasteiger partial charge < -0.3 is 10.2 Å². The fraction of sp³-hybridized carbons (Fsp3) is 0.368. The molecule has 1 aromatic carbocycles. The van der Waals surface area contributed by atoms with Crippen LogP contribution >= 0.6 is 0 Å². The Kier molecular flexibility index (Phi) is 3.74. The molecule has 0 bridgehead atoms. The number of hydrogen-bond donors (Lipinski definition) is 1. The van der Waals surface area contributed by atoms with E-state index in [4.69, 9.17) is 0 Å². The predicted molar refractivity (Wildman–Crippen MR) is 92.0 cm³/mol. The van der Waals surface area contributed by atoms with Crippen molar-refractivity contribution in [1.82, 2.24) is 4.98 Å². The van der Waals surface area contributed by atoms with Crippen molar-refractivity contribution in [2.24, 2.45) is 5.92 Å². The van der Waals surface area contributed by atoms with Gasteiger partial charge in [0.1, 0.15) is 5.82 Å². The van der Waals surface area contributed by atoms with Gasteiger partial charge in [0.25, 0.3) is 0 Å². The maximum absolute atomic E-state index is 12.0. The molecule has 1 saturated carbocycles. The highest BCUT2D eigenvalue weighted by molar-refractivity contribution is 5.92. The average molecular weight is 307 g/mol. The SMILES string of the molecule is O=C(Nc1ccc(N2CCCc3ccccc32)cn1)C1CCC1. The van der Waals surface area contributed by atoms with Gasteiger partial charge in [0.05, 0.1) is 11.9 Å². The largest absolute Gasteiger partial charge is 0.340 e. The first kappa shape index (κ1) is 14.2. The number of pyridine rings is 1. The van der Waals surface area contributed by atoms with Gasteiger partial charge in [-0.3, -0.25) is 4.79 Å². The highest BCUT2D eigenvalue weighted by Gasteiger charge is 2.25. The summed E-state index contributed by atoms with van der Waals surface area (Å²) in [5, 5.41) is 2.92. The lowest BCUT2D eigenvalue weighted by molar-refractivity contribution is -0.122. The number of nitrogens with one attached hydrogen (secondary N) is 1. The van der Waals surface area contributed by atoms with Crippen molar-refractivity contribution in [2.75, 3.05) is 16.8 Å². The van der Waals surface area contributed by atoms with E-state index in [1.165, 1.54) is 17.7 Å².